The van der Waals surface area contributed by atoms with Gasteiger partial charge in [0.1, 0.15) is 4.90 Å². The van der Waals surface area contributed by atoms with Gasteiger partial charge in [-0.05, 0) is 20.5 Å². The van der Waals surface area contributed by atoms with Gasteiger partial charge in [0.2, 0.25) is 16.0 Å². The van der Waals surface area contributed by atoms with Gasteiger partial charge in [0.25, 0.3) is 0 Å². The molecule has 0 aliphatic heterocycles. The summed E-state index contributed by atoms with van der Waals surface area (Å²) in [6.45, 7) is 3.58. The maximum Gasteiger partial charge on any atom is 0.246 e. The topological polar surface area (TPSA) is 78.4 Å². The summed E-state index contributed by atoms with van der Waals surface area (Å²) in [5, 5.41) is 2.76. The van der Waals surface area contributed by atoms with Crippen LogP contribution in [-0.2, 0) is 10.0 Å². The monoisotopic (exact) mass is 301 g/mol. The van der Waals surface area contributed by atoms with Gasteiger partial charge < -0.3 is 10.2 Å². The van der Waals surface area contributed by atoms with Crippen LogP contribution in [0.4, 0.5) is 5.95 Å². The predicted octanol–water partition coefficient (Wildman–Crippen LogP) is 0.481. The zero-order valence-corrected chi connectivity index (χ0v) is 13.3. The van der Waals surface area contributed by atoms with Crippen molar-refractivity contribution in [2.75, 3.05) is 46.1 Å². The number of hydrogen-bond donors (Lipinski definition) is 1. The maximum atomic E-state index is 12.5. The molecule has 1 aromatic heterocycles. The molecular weight excluding hydrogens is 278 g/mol. The molecule has 8 heteroatoms. The lowest BCUT2D eigenvalue weighted by molar-refractivity contribution is 0.333. The Morgan fingerprint density at radius 1 is 1.15 bits per heavy atom. The van der Waals surface area contributed by atoms with Crippen molar-refractivity contribution in [2.24, 2.45) is 0 Å². The molecule has 0 radical (unpaired) electrons. The van der Waals surface area contributed by atoms with Gasteiger partial charge in [0, 0.05) is 26.7 Å². The van der Waals surface area contributed by atoms with E-state index in [1.807, 2.05) is 25.9 Å². The molecule has 0 unspecified atom stereocenters. The van der Waals surface area contributed by atoms with E-state index >= 15 is 0 Å². The Hall–Kier alpha value is -1.25. The van der Waals surface area contributed by atoms with Crippen molar-refractivity contribution in [3.8, 4) is 0 Å². The summed E-state index contributed by atoms with van der Waals surface area (Å²) in [4.78, 5) is 10.0. The van der Waals surface area contributed by atoms with Crippen LogP contribution in [0.15, 0.2) is 17.3 Å². The summed E-state index contributed by atoms with van der Waals surface area (Å²) >= 11 is 0. The molecule has 0 saturated carbocycles. The fourth-order valence-electron chi connectivity index (χ4n) is 1.64. The lowest BCUT2D eigenvalue weighted by Gasteiger charge is -2.23. The zero-order valence-electron chi connectivity index (χ0n) is 12.5. The highest BCUT2D eigenvalue weighted by Gasteiger charge is 2.24. The van der Waals surface area contributed by atoms with E-state index in [2.05, 4.69) is 15.3 Å². The quantitative estimate of drug-likeness (QED) is 0.752. The van der Waals surface area contributed by atoms with Crippen molar-refractivity contribution in [2.45, 2.75) is 18.2 Å². The molecule has 1 N–H and O–H groups in total. The Bertz CT molecular complexity index is 501. The minimum atomic E-state index is -3.53. The van der Waals surface area contributed by atoms with Crippen LogP contribution in [0.3, 0.4) is 0 Å². The third-order valence-electron chi connectivity index (χ3n) is 2.76. The zero-order chi connectivity index (χ0) is 15.2. The summed E-state index contributed by atoms with van der Waals surface area (Å²) in [6.07, 6.45) is 3.45. The van der Waals surface area contributed by atoms with Crippen molar-refractivity contribution in [3.63, 3.8) is 0 Å². The molecule has 114 valence electrons. The number of nitrogens with one attached hydrogen (secondary N) is 1. The molecule has 20 heavy (non-hydrogen) atoms. The molecule has 0 amide bonds. The number of rotatable bonds is 8. The molecule has 0 spiro atoms. The first-order valence-corrected chi connectivity index (χ1v) is 8.00. The van der Waals surface area contributed by atoms with Crippen LogP contribution in [0, 0.1) is 0 Å². The molecule has 0 aliphatic carbocycles. The number of sulfonamides is 1. The van der Waals surface area contributed by atoms with Crippen molar-refractivity contribution < 1.29 is 8.42 Å². The standard InChI is InChI=1S/C12H23N5O2S/c1-5-6-17(8-7-16(3)4)20(18,19)11-9-14-12(13-2)15-10-11/h9-10H,5-8H2,1-4H3,(H,13,14,15). The molecule has 0 saturated heterocycles. The smallest absolute Gasteiger partial charge is 0.246 e. The lowest BCUT2D eigenvalue weighted by Crippen LogP contribution is -2.37. The second kappa shape index (κ2) is 7.51. The Kier molecular flexibility index (Phi) is 6.31. The average molecular weight is 301 g/mol. The van der Waals surface area contributed by atoms with Crippen LogP contribution in [-0.4, -0.2) is 68.4 Å². The second-order valence-electron chi connectivity index (χ2n) is 4.70. The highest BCUT2D eigenvalue weighted by molar-refractivity contribution is 7.89. The van der Waals surface area contributed by atoms with Crippen molar-refractivity contribution in [1.29, 1.82) is 0 Å². The van der Waals surface area contributed by atoms with Gasteiger partial charge in [-0.1, -0.05) is 6.92 Å². The van der Waals surface area contributed by atoms with Gasteiger partial charge in [-0.3, -0.25) is 0 Å². The number of hydrogen-bond acceptors (Lipinski definition) is 6. The van der Waals surface area contributed by atoms with Crippen LogP contribution in [0.1, 0.15) is 13.3 Å². The predicted molar refractivity (Wildman–Crippen MR) is 79.2 cm³/mol. The summed E-state index contributed by atoms with van der Waals surface area (Å²) in [6, 6.07) is 0. The minimum Gasteiger partial charge on any atom is -0.357 e. The third-order valence-corrected chi connectivity index (χ3v) is 4.61. The Balaban J connectivity index is 2.95. The molecular formula is C12H23N5O2S. The molecule has 1 aromatic rings. The molecule has 0 fully saturated rings. The van der Waals surface area contributed by atoms with Gasteiger partial charge in [-0.25, -0.2) is 18.4 Å². The van der Waals surface area contributed by atoms with Crippen molar-refractivity contribution in [3.05, 3.63) is 12.4 Å². The molecule has 0 atom stereocenters. The first-order chi connectivity index (χ1) is 9.41. The Morgan fingerprint density at radius 3 is 2.20 bits per heavy atom. The van der Waals surface area contributed by atoms with E-state index in [0.29, 0.717) is 25.6 Å². The fourth-order valence-corrected chi connectivity index (χ4v) is 3.06. The van der Waals surface area contributed by atoms with Crippen LogP contribution < -0.4 is 5.32 Å². The van der Waals surface area contributed by atoms with Crippen LogP contribution in [0.5, 0.6) is 0 Å². The number of aromatic nitrogens is 2. The lowest BCUT2D eigenvalue weighted by atomic mass is 10.4. The van der Waals surface area contributed by atoms with Gasteiger partial charge in [0.15, 0.2) is 0 Å². The van der Waals surface area contributed by atoms with E-state index in [9.17, 15) is 8.42 Å². The van der Waals surface area contributed by atoms with Gasteiger partial charge >= 0.3 is 0 Å². The fraction of sp³-hybridized carbons (Fsp3) is 0.667. The highest BCUT2D eigenvalue weighted by Crippen LogP contribution is 2.14. The summed E-state index contributed by atoms with van der Waals surface area (Å²) in [5.41, 5.74) is 0. The maximum absolute atomic E-state index is 12.5. The molecule has 7 nitrogen and oxygen atoms in total. The minimum absolute atomic E-state index is 0.128. The number of likely N-dealkylation sites (N-methyl/N-ethyl adjacent to an activating group) is 1. The summed E-state index contributed by atoms with van der Waals surface area (Å²) in [7, 11) is 1.99. The normalized spacial score (nSPS) is 12.1. The molecule has 1 heterocycles. The molecule has 0 bridgehead atoms. The summed E-state index contributed by atoms with van der Waals surface area (Å²) in [5.74, 6) is 0.402. The Labute approximate surface area is 121 Å². The molecule has 1 rings (SSSR count). The van der Waals surface area contributed by atoms with Gasteiger partial charge in [0.05, 0.1) is 12.4 Å². The van der Waals surface area contributed by atoms with E-state index < -0.39 is 10.0 Å². The summed E-state index contributed by atoms with van der Waals surface area (Å²) < 4.78 is 26.6. The highest BCUT2D eigenvalue weighted by atomic mass is 32.2. The number of anilines is 1. The van der Waals surface area contributed by atoms with Crippen LogP contribution >= 0.6 is 0 Å². The van der Waals surface area contributed by atoms with Crippen molar-refractivity contribution >= 4 is 16.0 Å². The van der Waals surface area contributed by atoms with E-state index in [4.69, 9.17) is 0 Å². The van der Waals surface area contributed by atoms with E-state index in [1.54, 1.807) is 7.05 Å². The first kappa shape index (κ1) is 16.8. The third kappa shape index (κ3) is 4.39. The first-order valence-electron chi connectivity index (χ1n) is 6.56. The SMILES string of the molecule is CCCN(CCN(C)C)S(=O)(=O)c1cnc(NC)nc1. The van der Waals surface area contributed by atoms with E-state index in [-0.39, 0.29) is 4.90 Å². The number of nitrogens with zero attached hydrogens (tertiary/aromatic N) is 4. The van der Waals surface area contributed by atoms with Gasteiger partial charge in [-0.15, -0.1) is 0 Å². The molecule has 0 aromatic carbocycles. The van der Waals surface area contributed by atoms with E-state index in [1.165, 1.54) is 16.7 Å². The largest absolute Gasteiger partial charge is 0.357 e. The average Bonchev–Trinajstić information content (AvgIpc) is 2.43. The van der Waals surface area contributed by atoms with E-state index in [0.717, 1.165) is 6.42 Å². The van der Waals surface area contributed by atoms with Crippen molar-refractivity contribution in [1.82, 2.24) is 19.2 Å². The second-order valence-corrected chi connectivity index (χ2v) is 6.64. The van der Waals surface area contributed by atoms with Crippen LogP contribution in [0.2, 0.25) is 0 Å². The van der Waals surface area contributed by atoms with Gasteiger partial charge in [-0.2, -0.15) is 4.31 Å². The van der Waals surface area contributed by atoms with Crippen LogP contribution in [0.25, 0.3) is 0 Å². The molecule has 0 aliphatic rings. The Morgan fingerprint density at radius 2 is 1.75 bits per heavy atom.